The Labute approximate surface area is 196 Å². The van der Waals surface area contributed by atoms with E-state index in [9.17, 15) is 4.79 Å². The van der Waals surface area contributed by atoms with Gasteiger partial charge in [0.25, 0.3) is 0 Å². The molecule has 2 aromatic heterocycles. The minimum Gasteiger partial charge on any atom is -0.378 e. The number of ether oxygens (including phenoxy) is 1. The molecule has 1 unspecified atom stereocenters. The number of anilines is 3. The van der Waals surface area contributed by atoms with E-state index in [-0.39, 0.29) is 0 Å². The Morgan fingerprint density at radius 2 is 1.94 bits per heavy atom. The number of nitrogens with zero attached hydrogens (tertiary/aromatic N) is 4. The molecule has 2 N–H and O–H groups in total. The fraction of sp³-hybridized carbons (Fsp3) is 0.250. The third kappa shape index (κ3) is 4.55. The van der Waals surface area contributed by atoms with Gasteiger partial charge in [-0.1, -0.05) is 11.8 Å². The Bertz CT molecular complexity index is 1160. The number of thioether (sulfide) groups is 1. The van der Waals surface area contributed by atoms with Gasteiger partial charge >= 0.3 is 0 Å². The largest absolute Gasteiger partial charge is 0.378 e. The number of hydrogen-bond donors (Lipinski definition) is 2. The smallest absolute Gasteiger partial charge is 0.187 e. The zero-order valence-corrected chi connectivity index (χ0v) is 19.0. The second-order valence-electron chi connectivity index (χ2n) is 7.70. The van der Waals surface area contributed by atoms with Gasteiger partial charge in [0.15, 0.2) is 5.16 Å². The summed E-state index contributed by atoms with van der Waals surface area (Å²) in [7, 11) is 0. The first-order chi connectivity index (χ1) is 16.2. The maximum atomic E-state index is 11.8. The number of aldehydes is 1. The van der Waals surface area contributed by atoms with Crippen molar-refractivity contribution in [3.63, 3.8) is 0 Å². The zero-order chi connectivity index (χ0) is 22.6. The maximum absolute atomic E-state index is 11.8. The van der Waals surface area contributed by atoms with E-state index in [1.165, 1.54) is 11.8 Å². The average molecular weight is 461 g/mol. The maximum Gasteiger partial charge on any atom is 0.187 e. The van der Waals surface area contributed by atoms with Gasteiger partial charge in [0.1, 0.15) is 18.1 Å². The highest BCUT2D eigenvalue weighted by Gasteiger charge is 2.23. The monoisotopic (exact) mass is 460 g/mol. The molecule has 0 amide bonds. The van der Waals surface area contributed by atoms with E-state index in [0.717, 1.165) is 66.3 Å². The Morgan fingerprint density at radius 1 is 1.18 bits per heavy atom. The van der Waals surface area contributed by atoms with Gasteiger partial charge < -0.3 is 25.1 Å². The number of morpholine rings is 1. The minimum absolute atomic E-state index is 0.475. The molecule has 1 fully saturated rings. The molecule has 0 saturated carbocycles. The van der Waals surface area contributed by atoms with Gasteiger partial charge in [-0.05, 0) is 54.4 Å². The van der Waals surface area contributed by atoms with Crippen molar-refractivity contribution in [2.24, 2.45) is 0 Å². The van der Waals surface area contributed by atoms with E-state index in [1.807, 2.05) is 30.5 Å². The summed E-state index contributed by atoms with van der Waals surface area (Å²) in [5.74, 6) is 0.629. The summed E-state index contributed by atoms with van der Waals surface area (Å²) in [6.07, 6.45) is 10.1. The standard InChI is InChI=1S/C24H24N6O2S/c1-33-24-26-13-17(14-27-24)20-12-16-6-7-25-21(15-31)22(16)23(29-20)28-18-2-4-19(5-3-18)30-8-10-32-11-9-30/h2-7,12-15,21,25H,8-11H2,1H3,(H,28,29). The highest BCUT2D eigenvalue weighted by Crippen LogP contribution is 2.34. The molecule has 3 aromatic rings. The van der Waals surface area contributed by atoms with Crippen LogP contribution in [0.15, 0.2) is 54.1 Å². The summed E-state index contributed by atoms with van der Waals surface area (Å²) in [5, 5.41) is 7.24. The Kier molecular flexibility index (Phi) is 6.23. The lowest BCUT2D eigenvalue weighted by atomic mass is 9.97. The lowest BCUT2D eigenvalue weighted by molar-refractivity contribution is -0.109. The highest BCUT2D eigenvalue weighted by atomic mass is 32.2. The van der Waals surface area contributed by atoms with E-state index in [0.29, 0.717) is 11.0 Å². The topological polar surface area (TPSA) is 92.3 Å². The van der Waals surface area contributed by atoms with Gasteiger partial charge in [-0.3, -0.25) is 0 Å². The van der Waals surface area contributed by atoms with Crippen molar-refractivity contribution in [2.75, 3.05) is 42.8 Å². The second-order valence-corrected chi connectivity index (χ2v) is 8.48. The van der Waals surface area contributed by atoms with Crippen molar-refractivity contribution >= 4 is 41.3 Å². The van der Waals surface area contributed by atoms with Crippen LogP contribution in [0.2, 0.25) is 0 Å². The summed E-state index contributed by atoms with van der Waals surface area (Å²) in [6, 6.07) is 9.74. The summed E-state index contributed by atoms with van der Waals surface area (Å²) in [6.45, 7) is 3.27. The van der Waals surface area contributed by atoms with Crippen LogP contribution in [0.1, 0.15) is 17.2 Å². The number of fused-ring (bicyclic) bond motifs is 1. The average Bonchev–Trinajstić information content (AvgIpc) is 2.89. The van der Waals surface area contributed by atoms with Crippen LogP contribution < -0.4 is 15.5 Å². The first-order valence-electron chi connectivity index (χ1n) is 10.7. The van der Waals surface area contributed by atoms with Crippen LogP contribution in [-0.2, 0) is 9.53 Å². The van der Waals surface area contributed by atoms with Crippen LogP contribution in [-0.4, -0.2) is 53.8 Å². The number of rotatable bonds is 6. The second kappa shape index (κ2) is 9.60. The highest BCUT2D eigenvalue weighted by molar-refractivity contribution is 7.98. The van der Waals surface area contributed by atoms with E-state index in [2.05, 4.69) is 37.6 Å². The molecule has 2 aliphatic heterocycles. The Hall–Kier alpha value is -3.43. The number of carbonyl (C=O) groups is 1. The van der Waals surface area contributed by atoms with Crippen molar-refractivity contribution in [3.8, 4) is 11.3 Å². The normalized spacial score (nSPS) is 17.2. The van der Waals surface area contributed by atoms with Crippen molar-refractivity contribution in [1.82, 2.24) is 20.3 Å². The fourth-order valence-corrected chi connectivity index (χ4v) is 4.30. The SMILES string of the molecule is CSc1ncc(-c2cc3c(c(Nc4ccc(N5CCOCC5)cc4)n2)C(C=O)NC=C3)cn1. The van der Waals surface area contributed by atoms with E-state index in [1.54, 1.807) is 18.6 Å². The summed E-state index contributed by atoms with van der Waals surface area (Å²) in [5.41, 5.74) is 5.36. The molecule has 0 aliphatic carbocycles. The lowest BCUT2D eigenvalue weighted by Crippen LogP contribution is -2.36. The molecule has 168 valence electrons. The van der Waals surface area contributed by atoms with Crippen molar-refractivity contribution < 1.29 is 9.53 Å². The minimum atomic E-state index is -0.475. The number of nitrogens with one attached hydrogen (secondary N) is 2. The van der Waals surface area contributed by atoms with Crippen LogP contribution >= 0.6 is 11.8 Å². The third-order valence-electron chi connectivity index (χ3n) is 5.69. The van der Waals surface area contributed by atoms with Crippen LogP contribution in [0.5, 0.6) is 0 Å². The molecule has 1 atom stereocenters. The molecular weight excluding hydrogens is 436 g/mol. The van der Waals surface area contributed by atoms with Gasteiger partial charge in [-0.2, -0.15) is 0 Å². The van der Waals surface area contributed by atoms with Gasteiger partial charge in [0.05, 0.1) is 18.9 Å². The predicted molar refractivity (Wildman–Crippen MR) is 131 cm³/mol. The number of benzene rings is 1. The number of pyridine rings is 1. The molecule has 33 heavy (non-hydrogen) atoms. The molecule has 5 rings (SSSR count). The van der Waals surface area contributed by atoms with E-state index >= 15 is 0 Å². The molecule has 0 radical (unpaired) electrons. The van der Waals surface area contributed by atoms with E-state index < -0.39 is 6.04 Å². The molecule has 1 saturated heterocycles. The first kappa shape index (κ1) is 21.4. The van der Waals surface area contributed by atoms with Crippen LogP contribution in [0.25, 0.3) is 17.3 Å². The van der Waals surface area contributed by atoms with Crippen LogP contribution in [0, 0.1) is 0 Å². The molecular formula is C24H24N6O2S. The molecule has 4 heterocycles. The van der Waals surface area contributed by atoms with Gasteiger partial charge in [-0.15, -0.1) is 0 Å². The lowest BCUT2D eigenvalue weighted by Gasteiger charge is -2.29. The zero-order valence-electron chi connectivity index (χ0n) is 18.2. The molecule has 9 heteroatoms. The molecule has 8 nitrogen and oxygen atoms in total. The summed E-state index contributed by atoms with van der Waals surface area (Å²) >= 11 is 1.49. The van der Waals surface area contributed by atoms with Crippen LogP contribution in [0.3, 0.4) is 0 Å². The first-order valence-corrected chi connectivity index (χ1v) is 12.0. The third-order valence-corrected chi connectivity index (χ3v) is 6.27. The number of hydrogen-bond acceptors (Lipinski definition) is 9. The van der Waals surface area contributed by atoms with Crippen LogP contribution in [0.4, 0.5) is 17.2 Å². The fourth-order valence-electron chi connectivity index (χ4n) is 3.98. The molecule has 2 aliphatic rings. The predicted octanol–water partition coefficient (Wildman–Crippen LogP) is 3.65. The molecule has 1 aromatic carbocycles. The van der Waals surface area contributed by atoms with Crippen molar-refractivity contribution in [3.05, 3.63) is 60.1 Å². The van der Waals surface area contributed by atoms with Crippen molar-refractivity contribution in [2.45, 2.75) is 11.2 Å². The molecule has 0 bridgehead atoms. The van der Waals surface area contributed by atoms with Gasteiger partial charge in [0.2, 0.25) is 0 Å². The van der Waals surface area contributed by atoms with Crippen molar-refractivity contribution in [1.29, 1.82) is 0 Å². The van der Waals surface area contributed by atoms with Gasteiger partial charge in [0, 0.05) is 48.0 Å². The Morgan fingerprint density at radius 3 is 2.64 bits per heavy atom. The quantitative estimate of drug-likeness (QED) is 0.325. The molecule has 0 spiro atoms. The number of carbonyl (C=O) groups excluding carboxylic acids is 1. The van der Waals surface area contributed by atoms with Gasteiger partial charge in [-0.25, -0.2) is 15.0 Å². The summed E-state index contributed by atoms with van der Waals surface area (Å²) in [4.78, 5) is 27.7. The Balaban J connectivity index is 1.49. The van der Waals surface area contributed by atoms with E-state index in [4.69, 9.17) is 9.72 Å². The number of aromatic nitrogens is 3. The summed E-state index contributed by atoms with van der Waals surface area (Å²) < 4.78 is 5.45.